The van der Waals surface area contributed by atoms with E-state index in [2.05, 4.69) is 27.6 Å². The fourth-order valence-electron chi connectivity index (χ4n) is 3.21. The molecule has 1 aliphatic heterocycles. The van der Waals surface area contributed by atoms with E-state index in [9.17, 15) is 4.79 Å². The largest absolute Gasteiger partial charge is 0.490 e. The Labute approximate surface area is 211 Å². The smallest absolute Gasteiger partial charge is 0.363 e. The molecule has 5 nitrogen and oxygen atoms in total. The van der Waals surface area contributed by atoms with E-state index >= 15 is 0 Å². The van der Waals surface area contributed by atoms with Gasteiger partial charge in [-0.05, 0) is 95.6 Å². The van der Waals surface area contributed by atoms with Gasteiger partial charge in [0.2, 0.25) is 5.90 Å². The summed E-state index contributed by atoms with van der Waals surface area (Å²) in [4.78, 5) is 16.8. The highest BCUT2D eigenvalue weighted by Gasteiger charge is 2.24. The number of benzene rings is 3. The third kappa shape index (κ3) is 5.75. The van der Waals surface area contributed by atoms with Gasteiger partial charge < -0.3 is 14.2 Å². The molecule has 0 bridgehead atoms. The van der Waals surface area contributed by atoms with Crippen molar-refractivity contribution >= 4 is 52.1 Å². The van der Waals surface area contributed by atoms with Gasteiger partial charge in [-0.1, -0.05) is 35.9 Å². The molecule has 3 aromatic rings. The first-order valence-electron chi connectivity index (χ1n) is 10.4. The average molecular weight is 574 g/mol. The predicted molar refractivity (Wildman–Crippen MR) is 138 cm³/mol. The minimum Gasteiger partial charge on any atom is -0.490 e. The quantitative estimate of drug-likeness (QED) is 0.182. The number of esters is 1. The van der Waals surface area contributed by atoms with Crippen molar-refractivity contribution in [3.05, 3.63) is 97.2 Å². The lowest BCUT2D eigenvalue weighted by atomic mass is 10.1. The van der Waals surface area contributed by atoms with Gasteiger partial charge >= 0.3 is 5.97 Å². The van der Waals surface area contributed by atoms with E-state index < -0.39 is 5.97 Å². The van der Waals surface area contributed by atoms with Gasteiger partial charge in [0, 0.05) is 14.2 Å². The van der Waals surface area contributed by atoms with Crippen LogP contribution in [0.3, 0.4) is 0 Å². The van der Waals surface area contributed by atoms with E-state index in [0.29, 0.717) is 35.6 Å². The van der Waals surface area contributed by atoms with Crippen molar-refractivity contribution < 1.29 is 19.0 Å². The molecule has 0 saturated heterocycles. The number of rotatable bonds is 7. The molecule has 0 amide bonds. The Bertz CT molecular complexity index is 1270. The molecule has 0 unspecified atom stereocenters. The molecule has 1 aliphatic rings. The molecule has 168 valence electrons. The van der Waals surface area contributed by atoms with E-state index in [-0.39, 0.29) is 5.70 Å². The highest BCUT2D eigenvalue weighted by Crippen LogP contribution is 2.31. The van der Waals surface area contributed by atoms with E-state index in [0.717, 1.165) is 25.8 Å². The summed E-state index contributed by atoms with van der Waals surface area (Å²) in [5.41, 5.74) is 3.86. The van der Waals surface area contributed by atoms with Crippen LogP contribution in [0, 0.1) is 10.5 Å². The van der Waals surface area contributed by atoms with Gasteiger partial charge in [-0.15, -0.1) is 0 Å². The van der Waals surface area contributed by atoms with Crippen LogP contribution in [0.5, 0.6) is 11.5 Å². The number of hydrogen-bond acceptors (Lipinski definition) is 5. The molecule has 33 heavy (non-hydrogen) atoms. The number of nitrogens with zero attached hydrogens (tertiary/aromatic N) is 1. The third-order valence-corrected chi connectivity index (χ3v) is 6.29. The summed E-state index contributed by atoms with van der Waals surface area (Å²) in [5.74, 6) is 0.999. The van der Waals surface area contributed by atoms with Crippen molar-refractivity contribution in [2.75, 3.05) is 6.61 Å². The van der Waals surface area contributed by atoms with Crippen LogP contribution >= 0.6 is 34.2 Å². The number of hydrogen-bond donors (Lipinski definition) is 0. The average Bonchev–Trinajstić information content (AvgIpc) is 3.15. The summed E-state index contributed by atoms with van der Waals surface area (Å²) in [6.45, 7) is 4.76. The van der Waals surface area contributed by atoms with Crippen molar-refractivity contribution in [2.45, 2.75) is 20.5 Å². The van der Waals surface area contributed by atoms with Gasteiger partial charge in [0.25, 0.3) is 0 Å². The third-order valence-electron chi connectivity index (χ3n) is 4.89. The molecule has 7 heteroatoms. The SMILES string of the molecule is CCOc1cc(C=C2N=C(c3ccc(C)c(I)c3)OC2=O)ccc1OCc1cccc(Cl)c1. The number of cyclic esters (lactones) is 1. The fourth-order valence-corrected chi connectivity index (χ4v) is 3.93. The topological polar surface area (TPSA) is 57.1 Å². The van der Waals surface area contributed by atoms with Crippen molar-refractivity contribution in [2.24, 2.45) is 4.99 Å². The van der Waals surface area contributed by atoms with Crippen molar-refractivity contribution in [1.82, 2.24) is 0 Å². The minimum atomic E-state index is -0.486. The standard InChI is InChI=1S/C26H21ClINO4/c1-3-31-24-13-17(8-10-23(24)32-15-18-5-4-6-20(27)11-18)12-22-26(30)33-25(29-22)19-9-7-16(2)21(28)14-19/h4-14H,3,15H2,1-2H3. The molecule has 0 saturated carbocycles. The van der Waals surface area contributed by atoms with Crippen LogP contribution in [0.15, 0.2) is 71.4 Å². The molecule has 3 aromatic carbocycles. The van der Waals surface area contributed by atoms with E-state index in [4.69, 9.17) is 25.8 Å². The Balaban J connectivity index is 1.56. The number of ether oxygens (including phenoxy) is 3. The number of aliphatic imine (C=N–C) groups is 1. The summed E-state index contributed by atoms with van der Waals surface area (Å²) < 4.78 is 18.2. The number of aryl methyl sites for hydroxylation is 1. The van der Waals surface area contributed by atoms with Crippen LogP contribution in [-0.4, -0.2) is 18.5 Å². The predicted octanol–water partition coefficient (Wildman–Crippen LogP) is 6.58. The van der Waals surface area contributed by atoms with Crippen molar-refractivity contribution in [3.63, 3.8) is 0 Å². The Hall–Kier alpha value is -2.84. The second-order valence-electron chi connectivity index (χ2n) is 7.36. The maximum Gasteiger partial charge on any atom is 0.363 e. The van der Waals surface area contributed by atoms with Crippen LogP contribution in [0.1, 0.15) is 29.2 Å². The maximum absolute atomic E-state index is 12.4. The molecule has 0 spiro atoms. The molecule has 1 heterocycles. The molecule has 0 fully saturated rings. The van der Waals surface area contributed by atoms with Gasteiger partial charge in [-0.25, -0.2) is 9.79 Å². The van der Waals surface area contributed by atoms with Crippen molar-refractivity contribution in [1.29, 1.82) is 0 Å². The highest BCUT2D eigenvalue weighted by atomic mass is 127. The fraction of sp³-hybridized carbons (Fsp3) is 0.154. The Morgan fingerprint density at radius 3 is 2.67 bits per heavy atom. The minimum absolute atomic E-state index is 0.232. The molecular weight excluding hydrogens is 553 g/mol. The summed E-state index contributed by atoms with van der Waals surface area (Å²) in [7, 11) is 0. The normalized spacial score (nSPS) is 14.2. The molecule has 0 atom stereocenters. The summed E-state index contributed by atoms with van der Waals surface area (Å²) in [6.07, 6.45) is 1.68. The van der Waals surface area contributed by atoms with E-state index in [1.54, 1.807) is 6.08 Å². The van der Waals surface area contributed by atoms with Crippen LogP contribution in [0.4, 0.5) is 0 Å². The number of carbonyl (C=O) groups is 1. The van der Waals surface area contributed by atoms with Crippen LogP contribution in [0.2, 0.25) is 5.02 Å². The first kappa shape index (κ1) is 23.3. The zero-order valence-corrected chi connectivity index (χ0v) is 21.0. The van der Waals surface area contributed by atoms with E-state index in [1.165, 1.54) is 0 Å². The summed E-state index contributed by atoms with van der Waals surface area (Å²) in [6, 6.07) is 18.8. The van der Waals surface area contributed by atoms with Gasteiger partial charge in [0.05, 0.1) is 6.61 Å². The maximum atomic E-state index is 12.4. The van der Waals surface area contributed by atoms with E-state index in [1.807, 2.05) is 74.5 Å². The highest BCUT2D eigenvalue weighted by molar-refractivity contribution is 14.1. The molecule has 0 aromatic heterocycles. The van der Waals surface area contributed by atoms with Gasteiger partial charge in [0.1, 0.15) is 6.61 Å². The van der Waals surface area contributed by atoms with Crippen LogP contribution in [-0.2, 0) is 16.1 Å². The van der Waals surface area contributed by atoms with Crippen LogP contribution < -0.4 is 9.47 Å². The van der Waals surface area contributed by atoms with Crippen LogP contribution in [0.25, 0.3) is 6.08 Å². The summed E-state index contributed by atoms with van der Waals surface area (Å²) in [5, 5.41) is 0.659. The number of halogens is 2. The zero-order chi connectivity index (χ0) is 23.4. The Morgan fingerprint density at radius 2 is 1.91 bits per heavy atom. The van der Waals surface area contributed by atoms with Crippen molar-refractivity contribution in [3.8, 4) is 11.5 Å². The number of carbonyl (C=O) groups excluding carboxylic acids is 1. The first-order valence-corrected chi connectivity index (χ1v) is 11.8. The molecule has 0 radical (unpaired) electrons. The lowest BCUT2D eigenvalue weighted by Crippen LogP contribution is -2.05. The molecule has 0 N–H and O–H groups in total. The second kappa shape index (κ2) is 10.4. The Kier molecular flexibility index (Phi) is 7.35. The monoisotopic (exact) mass is 573 g/mol. The Morgan fingerprint density at radius 1 is 1.06 bits per heavy atom. The van der Waals surface area contributed by atoms with Gasteiger partial charge in [-0.2, -0.15) is 0 Å². The first-order chi connectivity index (χ1) is 15.9. The molecule has 4 rings (SSSR count). The molecule has 0 aliphatic carbocycles. The molecular formula is C26H21ClINO4. The zero-order valence-electron chi connectivity index (χ0n) is 18.1. The summed E-state index contributed by atoms with van der Waals surface area (Å²) >= 11 is 8.30. The lowest BCUT2D eigenvalue weighted by Gasteiger charge is -2.13. The lowest BCUT2D eigenvalue weighted by molar-refractivity contribution is -0.129. The second-order valence-corrected chi connectivity index (χ2v) is 8.96. The van der Waals surface area contributed by atoms with Gasteiger partial charge in [-0.3, -0.25) is 0 Å². The van der Waals surface area contributed by atoms with Gasteiger partial charge in [0.15, 0.2) is 17.2 Å².